The molecule has 3 rings (SSSR count). The third-order valence-corrected chi connectivity index (χ3v) is 7.50. The lowest BCUT2D eigenvalue weighted by atomic mass is 9.98. The summed E-state index contributed by atoms with van der Waals surface area (Å²) in [7, 11) is 1.58. The molecule has 0 fully saturated rings. The van der Waals surface area contributed by atoms with E-state index < -0.39 is 17.7 Å². The molecule has 10 heteroatoms. The minimum absolute atomic E-state index is 0.0924. The third kappa shape index (κ3) is 12.3. The molecule has 3 aromatic carbocycles. The van der Waals surface area contributed by atoms with Crippen molar-refractivity contribution in [2.24, 2.45) is 0 Å². The number of rotatable bonds is 17. The monoisotopic (exact) mass is 617 g/mol. The SMILES string of the molecule is CNC(=O)NCc1ccccc1-c1ccc(CNC(=O)[C@@H](CCCc2ccccc2)NC(=O)CC(C)(C)NC[C@H](O)CO)cc1. The van der Waals surface area contributed by atoms with Crippen molar-refractivity contribution in [3.8, 4) is 11.1 Å². The Labute approximate surface area is 266 Å². The predicted molar refractivity (Wildman–Crippen MR) is 176 cm³/mol. The Morgan fingerprint density at radius 2 is 1.53 bits per heavy atom. The second-order valence-corrected chi connectivity index (χ2v) is 11.8. The van der Waals surface area contributed by atoms with Crippen LogP contribution in [0.25, 0.3) is 11.1 Å². The Bertz CT molecular complexity index is 1360. The fourth-order valence-electron chi connectivity index (χ4n) is 4.93. The molecule has 0 aliphatic heterocycles. The molecule has 4 amide bonds. The van der Waals surface area contributed by atoms with Crippen LogP contribution in [0.2, 0.25) is 0 Å². The van der Waals surface area contributed by atoms with Gasteiger partial charge < -0.3 is 36.8 Å². The van der Waals surface area contributed by atoms with E-state index in [9.17, 15) is 19.5 Å². The molecular weight excluding hydrogens is 570 g/mol. The van der Waals surface area contributed by atoms with Crippen molar-refractivity contribution in [2.75, 3.05) is 20.2 Å². The summed E-state index contributed by atoms with van der Waals surface area (Å²) in [6.45, 7) is 4.14. The van der Waals surface area contributed by atoms with E-state index in [1.54, 1.807) is 7.05 Å². The Balaban J connectivity index is 1.62. The van der Waals surface area contributed by atoms with Crippen LogP contribution in [0, 0.1) is 0 Å². The highest BCUT2D eigenvalue weighted by Crippen LogP contribution is 2.24. The van der Waals surface area contributed by atoms with Crippen LogP contribution in [0.3, 0.4) is 0 Å². The summed E-state index contributed by atoms with van der Waals surface area (Å²) in [4.78, 5) is 38.0. The Kier molecular flexibility index (Phi) is 14.0. The van der Waals surface area contributed by atoms with Crippen molar-refractivity contribution in [1.29, 1.82) is 0 Å². The number of aliphatic hydroxyl groups excluding tert-OH is 2. The number of hydrogen-bond acceptors (Lipinski definition) is 6. The normalized spacial score (nSPS) is 12.6. The fourth-order valence-corrected chi connectivity index (χ4v) is 4.93. The lowest BCUT2D eigenvalue weighted by Crippen LogP contribution is -2.51. The van der Waals surface area contributed by atoms with Crippen molar-refractivity contribution in [3.63, 3.8) is 0 Å². The number of benzene rings is 3. The average Bonchev–Trinajstić information content (AvgIpc) is 3.05. The van der Waals surface area contributed by atoms with Crippen molar-refractivity contribution < 1.29 is 24.6 Å². The van der Waals surface area contributed by atoms with Crippen LogP contribution >= 0.6 is 0 Å². The van der Waals surface area contributed by atoms with E-state index in [-0.39, 0.29) is 37.4 Å². The zero-order valence-electron chi connectivity index (χ0n) is 26.4. The fraction of sp³-hybridized carbons (Fsp3) is 0.400. The number of urea groups is 1. The summed E-state index contributed by atoms with van der Waals surface area (Å²) in [5.74, 6) is -0.535. The molecule has 7 N–H and O–H groups in total. The summed E-state index contributed by atoms with van der Waals surface area (Å²) in [5, 5.41) is 33.1. The molecule has 3 aromatic rings. The maximum atomic E-state index is 13.4. The van der Waals surface area contributed by atoms with Crippen molar-refractivity contribution in [2.45, 2.75) is 70.3 Å². The summed E-state index contributed by atoms with van der Waals surface area (Å²) < 4.78 is 0. The maximum Gasteiger partial charge on any atom is 0.314 e. The molecule has 0 heterocycles. The Hall–Kier alpha value is -4.25. The van der Waals surface area contributed by atoms with Crippen LogP contribution in [0.15, 0.2) is 78.9 Å². The molecule has 45 heavy (non-hydrogen) atoms. The predicted octanol–water partition coefficient (Wildman–Crippen LogP) is 3.02. The molecule has 10 nitrogen and oxygen atoms in total. The van der Waals surface area contributed by atoms with Crippen molar-refractivity contribution in [1.82, 2.24) is 26.6 Å². The molecule has 2 atom stereocenters. The number of aryl methyl sites for hydroxylation is 1. The third-order valence-electron chi connectivity index (χ3n) is 7.50. The minimum atomic E-state index is -0.918. The van der Waals surface area contributed by atoms with Crippen molar-refractivity contribution >= 4 is 17.8 Å². The highest BCUT2D eigenvalue weighted by molar-refractivity contribution is 5.88. The van der Waals surface area contributed by atoms with E-state index in [1.807, 2.05) is 92.7 Å². The van der Waals surface area contributed by atoms with Gasteiger partial charge in [0, 0.05) is 38.6 Å². The smallest absolute Gasteiger partial charge is 0.314 e. The molecule has 0 saturated carbocycles. The Morgan fingerprint density at radius 1 is 0.844 bits per heavy atom. The van der Waals surface area contributed by atoms with E-state index in [0.29, 0.717) is 19.5 Å². The van der Waals surface area contributed by atoms with E-state index in [2.05, 4.69) is 26.6 Å². The van der Waals surface area contributed by atoms with Gasteiger partial charge in [-0.25, -0.2) is 4.79 Å². The van der Waals surface area contributed by atoms with Crippen LogP contribution in [0.5, 0.6) is 0 Å². The number of aliphatic hydroxyl groups is 2. The van der Waals surface area contributed by atoms with Gasteiger partial charge in [-0.1, -0.05) is 78.9 Å². The summed E-state index contributed by atoms with van der Waals surface area (Å²) in [6.07, 6.45) is 1.15. The first kappa shape index (κ1) is 35.2. The van der Waals surface area contributed by atoms with Crippen LogP contribution in [0.1, 0.15) is 49.8 Å². The summed E-state index contributed by atoms with van der Waals surface area (Å²) in [5.41, 5.74) is 4.42. The van der Waals surface area contributed by atoms with Crippen LogP contribution in [-0.4, -0.2) is 65.9 Å². The molecule has 0 aromatic heterocycles. The standard InChI is InChI=1S/C35H47N5O5/c1-35(2,39-23-29(42)24-41)20-32(43)40-31(15-9-12-25-10-5-4-6-11-25)33(44)37-21-26-16-18-27(19-17-26)30-14-8-7-13-28(30)22-38-34(45)36-3/h4-8,10-11,13-14,16-19,29,31,39,41-42H,9,12,15,20-24H2,1-3H3,(H,37,44)(H,40,43)(H2,36,38,45)/t29-,31+/m0/s1. The summed E-state index contributed by atoms with van der Waals surface area (Å²) in [6, 6.07) is 24.8. The van der Waals surface area contributed by atoms with E-state index >= 15 is 0 Å². The van der Waals surface area contributed by atoms with Crippen molar-refractivity contribution in [3.05, 3.63) is 95.6 Å². The second kappa shape index (κ2) is 17.9. The number of amides is 4. The highest BCUT2D eigenvalue weighted by atomic mass is 16.3. The first-order valence-electron chi connectivity index (χ1n) is 15.4. The Morgan fingerprint density at radius 3 is 2.22 bits per heavy atom. The largest absolute Gasteiger partial charge is 0.394 e. The molecule has 242 valence electrons. The van der Waals surface area contributed by atoms with Gasteiger partial charge in [-0.05, 0) is 60.9 Å². The lowest BCUT2D eigenvalue weighted by molar-refractivity contribution is -0.130. The molecule has 0 aliphatic rings. The van der Waals surface area contributed by atoms with E-state index in [4.69, 9.17) is 5.11 Å². The van der Waals surface area contributed by atoms with Crippen LogP contribution in [0.4, 0.5) is 4.79 Å². The van der Waals surface area contributed by atoms with E-state index in [1.165, 1.54) is 5.56 Å². The van der Waals surface area contributed by atoms with Gasteiger partial charge in [0.15, 0.2) is 0 Å². The molecule has 0 spiro atoms. The first-order chi connectivity index (χ1) is 21.6. The molecule has 0 bridgehead atoms. The highest BCUT2D eigenvalue weighted by Gasteiger charge is 2.26. The van der Waals surface area contributed by atoms with Gasteiger partial charge in [-0.2, -0.15) is 0 Å². The number of carbonyl (C=O) groups is 3. The lowest BCUT2D eigenvalue weighted by Gasteiger charge is -2.28. The number of β-amino-alcohol motifs (C(OH)–C–C–N with tert-alkyl or cyclic N) is 1. The van der Waals surface area contributed by atoms with E-state index in [0.717, 1.165) is 35.1 Å². The molecule has 0 radical (unpaired) electrons. The maximum absolute atomic E-state index is 13.4. The van der Waals surface area contributed by atoms with Gasteiger partial charge >= 0.3 is 6.03 Å². The molecular formula is C35H47N5O5. The second-order valence-electron chi connectivity index (χ2n) is 11.8. The minimum Gasteiger partial charge on any atom is -0.394 e. The zero-order chi connectivity index (χ0) is 32.7. The van der Waals surface area contributed by atoms with Crippen LogP contribution in [-0.2, 0) is 29.1 Å². The van der Waals surface area contributed by atoms with Gasteiger partial charge in [0.1, 0.15) is 6.04 Å². The van der Waals surface area contributed by atoms with Gasteiger partial charge in [-0.15, -0.1) is 0 Å². The first-order valence-corrected chi connectivity index (χ1v) is 15.4. The quantitative estimate of drug-likeness (QED) is 0.124. The molecule has 0 saturated heterocycles. The average molecular weight is 618 g/mol. The molecule has 0 unspecified atom stereocenters. The van der Waals surface area contributed by atoms with Gasteiger partial charge in [0.2, 0.25) is 11.8 Å². The summed E-state index contributed by atoms with van der Waals surface area (Å²) >= 11 is 0. The number of nitrogens with one attached hydrogen (secondary N) is 5. The number of hydrogen-bond donors (Lipinski definition) is 7. The zero-order valence-corrected chi connectivity index (χ0v) is 26.4. The van der Waals surface area contributed by atoms with Gasteiger partial charge in [0.25, 0.3) is 0 Å². The number of carbonyl (C=O) groups excluding carboxylic acids is 3. The van der Waals surface area contributed by atoms with Crippen LogP contribution < -0.4 is 26.6 Å². The van der Waals surface area contributed by atoms with Gasteiger partial charge in [0.05, 0.1) is 12.7 Å². The topological polar surface area (TPSA) is 152 Å². The van der Waals surface area contributed by atoms with Gasteiger partial charge in [-0.3, -0.25) is 9.59 Å². The molecule has 0 aliphatic carbocycles.